The summed E-state index contributed by atoms with van der Waals surface area (Å²) in [6.45, 7) is 7.24. The molecule has 3 aromatic rings. The Morgan fingerprint density at radius 1 is 1.22 bits per heavy atom. The van der Waals surface area contributed by atoms with Crippen molar-refractivity contribution in [2.75, 3.05) is 4.72 Å². The number of nitrogens with one attached hydrogen (secondary N) is 1. The molecule has 2 aromatic heterocycles. The van der Waals surface area contributed by atoms with Crippen LogP contribution in [0.5, 0.6) is 0 Å². The van der Waals surface area contributed by atoms with Gasteiger partial charge in [-0.3, -0.25) is 4.72 Å². The van der Waals surface area contributed by atoms with E-state index in [2.05, 4.69) is 14.9 Å². The van der Waals surface area contributed by atoms with Gasteiger partial charge < -0.3 is 8.98 Å². The second kappa shape index (κ2) is 7.01. The lowest BCUT2D eigenvalue weighted by atomic mass is 10.2. The van der Waals surface area contributed by atoms with Gasteiger partial charge in [-0.15, -0.1) is 10.2 Å². The first-order valence-corrected chi connectivity index (χ1v) is 10.3. The molecule has 27 heavy (non-hydrogen) atoms. The molecule has 0 aliphatic rings. The third-order valence-corrected chi connectivity index (χ3v) is 6.58. The highest BCUT2D eigenvalue weighted by Gasteiger charge is 2.29. The van der Waals surface area contributed by atoms with Crippen LogP contribution in [0.2, 0.25) is 5.02 Å². The number of aromatic nitrogens is 3. The molecule has 0 fully saturated rings. The average Bonchev–Trinajstić information content (AvgIpc) is 3.14. The molecule has 0 aliphatic carbocycles. The van der Waals surface area contributed by atoms with Gasteiger partial charge >= 0.3 is 0 Å². The molecule has 1 aromatic carbocycles. The molecule has 7 nitrogen and oxygen atoms in total. The van der Waals surface area contributed by atoms with Crippen molar-refractivity contribution in [3.05, 3.63) is 45.9 Å². The number of sulfonamides is 1. The van der Waals surface area contributed by atoms with Gasteiger partial charge in [0.15, 0.2) is 0 Å². The average molecular weight is 409 g/mol. The van der Waals surface area contributed by atoms with Gasteiger partial charge in [-0.2, -0.15) is 0 Å². The normalized spacial score (nSPS) is 11.8. The van der Waals surface area contributed by atoms with Crippen molar-refractivity contribution in [3.8, 4) is 11.6 Å². The second-order valence-electron chi connectivity index (χ2n) is 6.37. The van der Waals surface area contributed by atoms with E-state index in [0.29, 0.717) is 45.9 Å². The molecule has 0 radical (unpaired) electrons. The summed E-state index contributed by atoms with van der Waals surface area (Å²) in [4.78, 5) is 0.188. The molecular formula is C18H21ClN4O3S. The molecule has 0 atom stereocenters. The number of halogens is 1. The van der Waals surface area contributed by atoms with Crippen molar-refractivity contribution >= 4 is 27.3 Å². The second-order valence-corrected chi connectivity index (χ2v) is 8.40. The van der Waals surface area contributed by atoms with Crippen LogP contribution >= 0.6 is 11.6 Å². The summed E-state index contributed by atoms with van der Waals surface area (Å²) in [5, 5.41) is 8.52. The summed E-state index contributed by atoms with van der Waals surface area (Å²) < 4.78 is 36.1. The van der Waals surface area contributed by atoms with Crippen molar-refractivity contribution in [2.45, 2.75) is 39.0 Å². The quantitative estimate of drug-likeness (QED) is 0.688. The topological polar surface area (TPSA) is 90.0 Å². The van der Waals surface area contributed by atoms with Crippen LogP contribution in [-0.4, -0.2) is 23.2 Å². The Hall–Kier alpha value is -2.32. The van der Waals surface area contributed by atoms with Gasteiger partial charge in [-0.25, -0.2) is 8.42 Å². The maximum atomic E-state index is 13.1. The van der Waals surface area contributed by atoms with Gasteiger partial charge in [-0.05, 0) is 38.5 Å². The van der Waals surface area contributed by atoms with Crippen molar-refractivity contribution in [2.24, 2.45) is 7.05 Å². The Kier molecular flexibility index (Phi) is 5.05. The molecule has 0 saturated carbocycles. The SMILES string of the molecule is CCc1nnc(-c2c(C)c(S(=O)(=O)Nc3ccc(C)c(Cl)c3)c(C)n2C)o1. The van der Waals surface area contributed by atoms with Crippen molar-refractivity contribution in [1.29, 1.82) is 0 Å². The molecular weight excluding hydrogens is 388 g/mol. The third-order valence-electron chi connectivity index (χ3n) is 4.53. The Balaban J connectivity index is 2.08. The fraction of sp³-hybridized carbons (Fsp3) is 0.333. The monoisotopic (exact) mass is 408 g/mol. The predicted octanol–water partition coefficient (Wildman–Crippen LogP) is 4.02. The minimum absolute atomic E-state index is 0.188. The summed E-state index contributed by atoms with van der Waals surface area (Å²) in [7, 11) is -2.06. The standard InChI is InChI=1S/C18H21ClN4O3S/c1-6-15-20-21-18(26-15)16-11(3)17(12(4)23(16)5)27(24,25)22-13-8-7-10(2)14(19)9-13/h7-9,22H,6H2,1-5H3. The predicted molar refractivity (Wildman–Crippen MR) is 105 cm³/mol. The van der Waals surface area contributed by atoms with Gasteiger partial charge in [0.25, 0.3) is 15.9 Å². The lowest BCUT2D eigenvalue weighted by molar-refractivity contribution is 0.508. The largest absolute Gasteiger partial charge is 0.419 e. The first kappa shape index (κ1) is 19.4. The van der Waals surface area contributed by atoms with Crippen molar-refractivity contribution in [1.82, 2.24) is 14.8 Å². The highest BCUT2D eigenvalue weighted by atomic mass is 35.5. The van der Waals surface area contributed by atoms with Crippen LogP contribution in [0.3, 0.4) is 0 Å². The van der Waals surface area contributed by atoms with Crippen LogP contribution in [0.25, 0.3) is 11.6 Å². The van der Waals surface area contributed by atoms with E-state index >= 15 is 0 Å². The van der Waals surface area contributed by atoms with E-state index in [4.69, 9.17) is 16.0 Å². The smallest absolute Gasteiger partial charge is 0.264 e. The van der Waals surface area contributed by atoms with Crippen molar-refractivity contribution < 1.29 is 12.8 Å². The first-order chi connectivity index (χ1) is 12.7. The van der Waals surface area contributed by atoms with Gasteiger partial charge in [0.05, 0.1) is 5.69 Å². The molecule has 0 aliphatic heterocycles. The number of hydrogen-bond acceptors (Lipinski definition) is 5. The zero-order chi connectivity index (χ0) is 19.9. The lowest BCUT2D eigenvalue weighted by Gasteiger charge is -2.10. The number of nitrogens with zero attached hydrogens (tertiary/aromatic N) is 3. The fourth-order valence-corrected chi connectivity index (χ4v) is 4.75. The third kappa shape index (κ3) is 3.46. The van der Waals surface area contributed by atoms with E-state index in [1.807, 2.05) is 13.8 Å². The summed E-state index contributed by atoms with van der Waals surface area (Å²) in [5.41, 5.74) is 2.98. The summed E-state index contributed by atoms with van der Waals surface area (Å²) in [5.74, 6) is 0.801. The number of benzene rings is 1. The molecule has 144 valence electrons. The van der Waals surface area contributed by atoms with E-state index < -0.39 is 10.0 Å². The molecule has 0 unspecified atom stereocenters. The Morgan fingerprint density at radius 3 is 2.52 bits per heavy atom. The molecule has 0 amide bonds. The Labute approximate surface area is 163 Å². The number of aryl methyl sites for hydroxylation is 2. The maximum Gasteiger partial charge on any atom is 0.264 e. The Morgan fingerprint density at radius 2 is 1.93 bits per heavy atom. The van der Waals surface area contributed by atoms with E-state index in [1.54, 1.807) is 43.7 Å². The van der Waals surface area contributed by atoms with Gasteiger partial charge in [0.2, 0.25) is 5.89 Å². The van der Waals surface area contributed by atoms with Crippen LogP contribution in [-0.2, 0) is 23.5 Å². The van der Waals surface area contributed by atoms with Crippen molar-refractivity contribution in [3.63, 3.8) is 0 Å². The zero-order valence-electron chi connectivity index (χ0n) is 15.8. The summed E-state index contributed by atoms with van der Waals surface area (Å²) in [6, 6.07) is 5.04. The highest BCUT2D eigenvalue weighted by Crippen LogP contribution is 2.33. The molecule has 3 rings (SSSR count). The highest BCUT2D eigenvalue weighted by molar-refractivity contribution is 7.92. The van der Waals surface area contributed by atoms with E-state index in [0.717, 1.165) is 5.56 Å². The van der Waals surface area contributed by atoms with E-state index in [-0.39, 0.29) is 4.90 Å². The molecule has 0 saturated heterocycles. The molecule has 1 N–H and O–H groups in total. The van der Waals surface area contributed by atoms with Gasteiger partial charge in [0.1, 0.15) is 10.6 Å². The summed E-state index contributed by atoms with van der Waals surface area (Å²) in [6.07, 6.45) is 0.607. The van der Waals surface area contributed by atoms with Crippen LogP contribution in [0.4, 0.5) is 5.69 Å². The van der Waals surface area contributed by atoms with Crippen LogP contribution in [0.15, 0.2) is 27.5 Å². The molecule has 2 heterocycles. The molecule has 0 spiro atoms. The van der Waals surface area contributed by atoms with Crippen LogP contribution < -0.4 is 4.72 Å². The van der Waals surface area contributed by atoms with Gasteiger partial charge in [0, 0.05) is 29.7 Å². The molecule has 0 bridgehead atoms. The number of hydrogen-bond donors (Lipinski definition) is 1. The zero-order valence-corrected chi connectivity index (χ0v) is 17.4. The number of rotatable bonds is 5. The minimum atomic E-state index is -3.83. The lowest BCUT2D eigenvalue weighted by Crippen LogP contribution is -2.15. The minimum Gasteiger partial charge on any atom is -0.419 e. The number of anilines is 1. The van der Waals surface area contributed by atoms with Crippen LogP contribution in [0, 0.1) is 20.8 Å². The van der Waals surface area contributed by atoms with Crippen LogP contribution in [0.1, 0.15) is 29.6 Å². The van der Waals surface area contributed by atoms with E-state index in [9.17, 15) is 8.42 Å². The van der Waals surface area contributed by atoms with Gasteiger partial charge in [-0.1, -0.05) is 24.6 Å². The van der Waals surface area contributed by atoms with E-state index in [1.165, 1.54) is 0 Å². The Bertz CT molecular complexity index is 1120. The first-order valence-electron chi connectivity index (χ1n) is 8.43. The fourth-order valence-electron chi connectivity index (χ4n) is 3.01. The summed E-state index contributed by atoms with van der Waals surface area (Å²) >= 11 is 6.11. The molecule has 9 heteroatoms. The maximum absolute atomic E-state index is 13.1.